The van der Waals surface area contributed by atoms with Gasteiger partial charge in [-0.15, -0.1) is 0 Å². The van der Waals surface area contributed by atoms with Gasteiger partial charge in [0.15, 0.2) is 0 Å². The Hall–Kier alpha value is -1.84. The van der Waals surface area contributed by atoms with E-state index < -0.39 is 0 Å². The van der Waals surface area contributed by atoms with Crippen LogP contribution < -0.4 is 0 Å². The second-order valence-corrected chi connectivity index (χ2v) is 9.54. The highest BCUT2D eigenvalue weighted by Crippen LogP contribution is 2.40. The number of rotatable bonds is 2. The number of phenolic OH excluding ortho intramolecular Hbond substituents is 1. The van der Waals surface area contributed by atoms with Crippen LogP contribution in [0.15, 0.2) is 66.7 Å². The fourth-order valence-corrected chi connectivity index (χ4v) is 4.54. The number of fused-ring (bicyclic) bond motifs is 2. The average Bonchev–Trinajstić information content (AvgIpc) is 2.79. The maximum absolute atomic E-state index is 9.86. The van der Waals surface area contributed by atoms with Gasteiger partial charge in [-0.2, -0.15) is 0 Å². The number of hydrogen-bond donors (Lipinski definition) is 1. The van der Waals surface area contributed by atoms with Crippen LogP contribution in [0.1, 0.15) is 37.1 Å². The molecule has 0 radical (unpaired) electrons. The van der Waals surface area contributed by atoms with Crippen molar-refractivity contribution in [2.75, 3.05) is 0 Å². The molecule has 0 aliphatic heterocycles. The third kappa shape index (κ3) is 3.38. The van der Waals surface area contributed by atoms with E-state index in [0.29, 0.717) is 0 Å². The highest BCUT2D eigenvalue weighted by Gasteiger charge is 2.21. The second-order valence-electron chi connectivity index (χ2n) is 6.48. The van der Waals surface area contributed by atoms with Gasteiger partial charge in [-0.25, -0.2) is 0 Å². The Balaban J connectivity index is 1.99. The summed E-state index contributed by atoms with van der Waals surface area (Å²) in [6, 6.07) is 22.6. The zero-order chi connectivity index (χ0) is 18.1. The fourth-order valence-electron chi connectivity index (χ4n) is 3.68. The normalized spacial score (nSPS) is 14.8. The molecule has 0 fully saturated rings. The topological polar surface area (TPSA) is 20.2 Å². The second kappa shape index (κ2) is 7.42. The Bertz CT molecular complexity index is 989. The van der Waals surface area contributed by atoms with Crippen molar-refractivity contribution >= 4 is 43.5 Å². The SMILES string of the molecule is Oc1cccc(/C=C2/c3ccccc3CCc3c2cccc3C(Br)Br)c1. The number of halogens is 2. The van der Waals surface area contributed by atoms with Crippen LogP contribution in [0.3, 0.4) is 0 Å². The van der Waals surface area contributed by atoms with Gasteiger partial charge in [0.2, 0.25) is 0 Å². The highest BCUT2D eigenvalue weighted by atomic mass is 79.9. The Morgan fingerprint density at radius 3 is 2.42 bits per heavy atom. The maximum atomic E-state index is 9.86. The largest absolute Gasteiger partial charge is 0.508 e. The van der Waals surface area contributed by atoms with Gasteiger partial charge >= 0.3 is 0 Å². The number of aryl methyl sites for hydroxylation is 1. The average molecular weight is 470 g/mol. The van der Waals surface area contributed by atoms with Gasteiger partial charge in [0.05, 0.1) is 3.74 Å². The van der Waals surface area contributed by atoms with Gasteiger partial charge in [0.1, 0.15) is 5.75 Å². The summed E-state index contributed by atoms with van der Waals surface area (Å²) < 4.78 is 0.133. The molecule has 1 aliphatic rings. The van der Waals surface area contributed by atoms with Gasteiger partial charge in [-0.3, -0.25) is 0 Å². The van der Waals surface area contributed by atoms with E-state index in [4.69, 9.17) is 0 Å². The molecular formula is C23H18Br2O. The van der Waals surface area contributed by atoms with Crippen LogP contribution in [0.2, 0.25) is 0 Å². The Morgan fingerprint density at radius 2 is 1.62 bits per heavy atom. The molecule has 3 aromatic rings. The molecule has 4 rings (SSSR count). The van der Waals surface area contributed by atoms with Gasteiger partial charge in [0, 0.05) is 0 Å². The van der Waals surface area contributed by atoms with Crippen molar-refractivity contribution in [2.45, 2.75) is 16.6 Å². The molecular weight excluding hydrogens is 452 g/mol. The van der Waals surface area contributed by atoms with E-state index in [0.717, 1.165) is 18.4 Å². The van der Waals surface area contributed by atoms with Crippen LogP contribution >= 0.6 is 31.9 Å². The highest BCUT2D eigenvalue weighted by molar-refractivity contribution is 9.24. The molecule has 130 valence electrons. The smallest absolute Gasteiger partial charge is 0.116 e. The summed E-state index contributed by atoms with van der Waals surface area (Å²) in [5.41, 5.74) is 8.75. The molecule has 3 heteroatoms. The predicted molar refractivity (Wildman–Crippen MR) is 116 cm³/mol. The molecule has 0 amide bonds. The number of alkyl halides is 2. The summed E-state index contributed by atoms with van der Waals surface area (Å²) in [5, 5.41) is 9.86. The summed E-state index contributed by atoms with van der Waals surface area (Å²) in [4.78, 5) is 0. The van der Waals surface area contributed by atoms with Crippen LogP contribution in [-0.4, -0.2) is 5.11 Å². The van der Waals surface area contributed by atoms with E-state index >= 15 is 0 Å². The minimum Gasteiger partial charge on any atom is -0.508 e. The first-order valence-corrected chi connectivity index (χ1v) is 10.5. The van der Waals surface area contributed by atoms with Gasteiger partial charge < -0.3 is 5.11 Å². The van der Waals surface area contributed by atoms with Crippen LogP contribution in [0.4, 0.5) is 0 Å². The minimum absolute atomic E-state index is 0.133. The molecule has 1 N–H and O–H groups in total. The van der Waals surface area contributed by atoms with Crippen LogP contribution in [0, 0.1) is 0 Å². The summed E-state index contributed by atoms with van der Waals surface area (Å²) in [6.07, 6.45) is 4.21. The van der Waals surface area contributed by atoms with E-state index in [2.05, 4.69) is 80.4 Å². The lowest BCUT2D eigenvalue weighted by molar-refractivity contribution is 0.475. The maximum Gasteiger partial charge on any atom is 0.116 e. The molecule has 0 heterocycles. The molecule has 0 bridgehead atoms. The fraction of sp³-hybridized carbons (Fsp3) is 0.130. The first kappa shape index (κ1) is 17.6. The van der Waals surface area contributed by atoms with E-state index in [-0.39, 0.29) is 9.49 Å². The van der Waals surface area contributed by atoms with E-state index in [1.54, 1.807) is 6.07 Å². The number of hydrogen-bond acceptors (Lipinski definition) is 1. The summed E-state index contributed by atoms with van der Waals surface area (Å²) in [6.45, 7) is 0. The van der Waals surface area contributed by atoms with E-state index in [1.807, 2.05) is 18.2 Å². The van der Waals surface area contributed by atoms with E-state index in [9.17, 15) is 5.11 Å². The molecule has 0 saturated heterocycles. The van der Waals surface area contributed by atoms with Crippen molar-refractivity contribution < 1.29 is 5.11 Å². The van der Waals surface area contributed by atoms with E-state index in [1.165, 1.54) is 33.4 Å². The third-order valence-corrected chi connectivity index (χ3v) is 5.86. The molecule has 1 aliphatic carbocycles. The van der Waals surface area contributed by atoms with Crippen molar-refractivity contribution in [3.8, 4) is 5.75 Å². The van der Waals surface area contributed by atoms with Crippen molar-refractivity contribution in [1.82, 2.24) is 0 Å². The summed E-state index contributed by atoms with van der Waals surface area (Å²) in [7, 11) is 0. The first-order chi connectivity index (χ1) is 12.6. The molecule has 1 nitrogen and oxygen atoms in total. The Kier molecular flexibility index (Phi) is 5.01. The lowest BCUT2D eigenvalue weighted by Gasteiger charge is -2.16. The van der Waals surface area contributed by atoms with Gasteiger partial charge in [0.25, 0.3) is 0 Å². The van der Waals surface area contributed by atoms with Gasteiger partial charge in [-0.1, -0.05) is 86.5 Å². The molecule has 0 unspecified atom stereocenters. The van der Waals surface area contributed by atoms with Gasteiger partial charge in [-0.05, 0) is 70.0 Å². The molecule has 3 aromatic carbocycles. The zero-order valence-corrected chi connectivity index (χ0v) is 17.3. The lowest BCUT2D eigenvalue weighted by atomic mass is 9.91. The molecule has 0 spiro atoms. The number of benzene rings is 3. The van der Waals surface area contributed by atoms with Crippen LogP contribution in [0.25, 0.3) is 11.6 Å². The van der Waals surface area contributed by atoms with Crippen molar-refractivity contribution in [3.05, 3.63) is 100 Å². The van der Waals surface area contributed by atoms with Crippen molar-refractivity contribution in [3.63, 3.8) is 0 Å². The number of phenols is 1. The van der Waals surface area contributed by atoms with Crippen molar-refractivity contribution in [1.29, 1.82) is 0 Å². The Morgan fingerprint density at radius 1 is 0.846 bits per heavy atom. The Labute approximate surface area is 170 Å². The van der Waals surface area contributed by atoms with Crippen LogP contribution in [-0.2, 0) is 12.8 Å². The third-order valence-electron chi connectivity index (χ3n) is 4.87. The molecule has 26 heavy (non-hydrogen) atoms. The lowest BCUT2D eigenvalue weighted by Crippen LogP contribution is -1.98. The van der Waals surface area contributed by atoms with Crippen molar-refractivity contribution in [2.24, 2.45) is 0 Å². The number of aromatic hydroxyl groups is 1. The zero-order valence-electron chi connectivity index (χ0n) is 14.1. The molecule has 0 saturated carbocycles. The summed E-state index contributed by atoms with van der Waals surface area (Å²) in [5.74, 6) is 0.288. The standard InChI is InChI=1S/C23H18Br2O/c24-23(25)21-10-4-9-19-20(21)12-11-16-6-1-2-8-18(16)22(19)14-15-5-3-7-17(26)13-15/h1-10,13-14,23,26H,11-12H2/b22-14-. The minimum atomic E-state index is 0.133. The monoisotopic (exact) mass is 468 g/mol. The predicted octanol–water partition coefficient (Wildman–Crippen LogP) is 6.87. The van der Waals surface area contributed by atoms with Crippen LogP contribution in [0.5, 0.6) is 5.75 Å². The molecule has 0 atom stereocenters. The quantitative estimate of drug-likeness (QED) is 0.406. The first-order valence-electron chi connectivity index (χ1n) is 8.63. The summed E-state index contributed by atoms with van der Waals surface area (Å²) >= 11 is 7.37. The molecule has 0 aromatic heterocycles.